The summed E-state index contributed by atoms with van der Waals surface area (Å²) in [5.74, 6) is -0.620. The van der Waals surface area contributed by atoms with E-state index in [0.717, 1.165) is 0 Å². The second kappa shape index (κ2) is 4.84. The molecule has 0 aliphatic carbocycles. The molecule has 0 aromatic carbocycles. The molecule has 7 heteroatoms. The predicted molar refractivity (Wildman–Crippen MR) is 64.2 cm³/mol. The lowest BCUT2D eigenvalue weighted by Crippen LogP contribution is -2.14. The average Bonchev–Trinajstić information content (AvgIpc) is 2.39. The van der Waals surface area contributed by atoms with Crippen LogP contribution in [0.3, 0.4) is 0 Å². The van der Waals surface area contributed by atoms with Crippen molar-refractivity contribution in [3.05, 3.63) is 36.2 Å². The lowest BCUT2D eigenvalue weighted by molar-refractivity contribution is 0.0995. The minimum Gasteiger partial charge on any atom is -0.364 e. The fourth-order valence-electron chi connectivity index (χ4n) is 1.50. The predicted octanol–water partition coefficient (Wildman–Crippen LogP) is 0.0522. The number of aromatic nitrogens is 4. The molecule has 0 radical (unpaired) electrons. The van der Waals surface area contributed by atoms with Gasteiger partial charge in [-0.15, -0.1) is 0 Å². The Balaban J connectivity index is 2.55. The largest absolute Gasteiger partial charge is 0.364 e. The lowest BCUT2D eigenvalue weighted by Gasteiger charge is -2.09. The third-order valence-electron chi connectivity index (χ3n) is 2.32. The van der Waals surface area contributed by atoms with E-state index in [0.29, 0.717) is 17.1 Å². The van der Waals surface area contributed by atoms with E-state index in [4.69, 9.17) is 11.5 Å². The van der Waals surface area contributed by atoms with Gasteiger partial charge in [-0.3, -0.25) is 14.8 Å². The lowest BCUT2D eigenvalue weighted by atomic mass is 10.1. The van der Waals surface area contributed by atoms with Crippen molar-refractivity contribution >= 4 is 5.91 Å². The summed E-state index contributed by atoms with van der Waals surface area (Å²) in [5.41, 5.74) is 12.7. The number of amides is 1. The van der Waals surface area contributed by atoms with Gasteiger partial charge in [0.05, 0.1) is 11.4 Å². The summed E-state index contributed by atoms with van der Waals surface area (Å²) in [7, 11) is 0. The zero-order valence-corrected chi connectivity index (χ0v) is 9.74. The molecule has 1 atom stereocenters. The van der Waals surface area contributed by atoms with Crippen molar-refractivity contribution in [2.45, 2.75) is 13.0 Å². The molecule has 4 N–H and O–H groups in total. The summed E-state index contributed by atoms with van der Waals surface area (Å²) in [4.78, 5) is 27.3. The minimum absolute atomic E-state index is 0.126. The van der Waals surface area contributed by atoms with E-state index in [9.17, 15) is 4.79 Å². The van der Waals surface area contributed by atoms with Gasteiger partial charge in [0.15, 0.2) is 0 Å². The Kier molecular flexibility index (Phi) is 3.24. The SMILES string of the molecule is CC(N)c1nccnc1-c1cc(C(N)=O)ncn1. The molecule has 0 spiro atoms. The van der Waals surface area contributed by atoms with E-state index in [2.05, 4.69) is 19.9 Å². The van der Waals surface area contributed by atoms with E-state index >= 15 is 0 Å². The highest BCUT2D eigenvalue weighted by atomic mass is 16.1. The quantitative estimate of drug-likeness (QED) is 0.787. The van der Waals surface area contributed by atoms with E-state index in [1.54, 1.807) is 13.1 Å². The molecule has 1 amide bonds. The van der Waals surface area contributed by atoms with E-state index in [-0.39, 0.29) is 11.7 Å². The van der Waals surface area contributed by atoms with Gasteiger partial charge in [-0.25, -0.2) is 9.97 Å². The topological polar surface area (TPSA) is 121 Å². The second-order valence-electron chi connectivity index (χ2n) is 3.73. The number of carbonyl (C=O) groups excluding carboxylic acids is 1. The van der Waals surface area contributed by atoms with Crippen LogP contribution in [0.25, 0.3) is 11.4 Å². The Morgan fingerprint density at radius 2 is 1.94 bits per heavy atom. The van der Waals surface area contributed by atoms with Gasteiger partial charge in [0.1, 0.15) is 17.7 Å². The summed E-state index contributed by atoms with van der Waals surface area (Å²) < 4.78 is 0. The van der Waals surface area contributed by atoms with Gasteiger partial charge >= 0.3 is 0 Å². The molecule has 2 aromatic rings. The highest BCUT2D eigenvalue weighted by Gasteiger charge is 2.14. The standard InChI is InChI=1S/C11H12N6O/c1-6(12)9-10(15-3-2-14-9)7-4-8(11(13)18)17-5-16-7/h2-6H,12H2,1H3,(H2,13,18). The van der Waals surface area contributed by atoms with Gasteiger partial charge in [-0.1, -0.05) is 0 Å². The number of nitrogens with two attached hydrogens (primary N) is 2. The molecule has 0 aliphatic heterocycles. The average molecular weight is 244 g/mol. The van der Waals surface area contributed by atoms with Gasteiger partial charge in [0.2, 0.25) is 0 Å². The van der Waals surface area contributed by atoms with Crippen LogP contribution < -0.4 is 11.5 Å². The van der Waals surface area contributed by atoms with Gasteiger partial charge in [0.25, 0.3) is 5.91 Å². The van der Waals surface area contributed by atoms with Crippen molar-refractivity contribution in [2.75, 3.05) is 0 Å². The molecule has 7 nitrogen and oxygen atoms in total. The van der Waals surface area contributed by atoms with Crippen LogP contribution in [0.5, 0.6) is 0 Å². The number of hydrogen-bond donors (Lipinski definition) is 2. The normalized spacial score (nSPS) is 12.1. The Labute approximate surface area is 103 Å². The maximum absolute atomic E-state index is 11.1. The van der Waals surface area contributed by atoms with Crippen LogP contribution in [0.4, 0.5) is 0 Å². The van der Waals surface area contributed by atoms with E-state index in [1.807, 2.05) is 0 Å². The van der Waals surface area contributed by atoms with Crippen molar-refractivity contribution in [2.24, 2.45) is 11.5 Å². The van der Waals surface area contributed by atoms with Crippen LogP contribution in [-0.4, -0.2) is 25.8 Å². The van der Waals surface area contributed by atoms with Gasteiger partial charge in [0, 0.05) is 18.4 Å². The molecule has 0 saturated carbocycles. The van der Waals surface area contributed by atoms with Crippen molar-refractivity contribution in [3.63, 3.8) is 0 Å². The summed E-state index contributed by atoms with van der Waals surface area (Å²) in [6, 6.07) is 1.18. The first-order valence-electron chi connectivity index (χ1n) is 5.28. The zero-order valence-electron chi connectivity index (χ0n) is 9.74. The molecule has 0 bridgehead atoms. The number of rotatable bonds is 3. The molecule has 2 rings (SSSR count). The molecular weight excluding hydrogens is 232 g/mol. The highest BCUT2D eigenvalue weighted by Crippen LogP contribution is 2.21. The Morgan fingerprint density at radius 1 is 1.22 bits per heavy atom. The van der Waals surface area contributed by atoms with Crippen LogP contribution in [0.1, 0.15) is 29.1 Å². The van der Waals surface area contributed by atoms with E-state index in [1.165, 1.54) is 18.6 Å². The van der Waals surface area contributed by atoms with Gasteiger partial charge < -0.3 is 11.5 Å². The summed E-state index contributed by atoms with van der Waals surface area (Å²) in [6.45, 7) is 1.80. The number of carbonyl (C=O) groups is 1. The molecule has 92 valence electrons. The van der Waals surface area contributed by atoms with Crippen molar-refractivity contribution in [1.29, 1.82) is 0 Å². The van der Waals surface area contributed by atoms with Crippen LogP contribution in [0, 0.1) is 0 Å². The van der Waals surface area contributed by atoms with Crippen molar-refractivity contribution < 1.29 is 4.79 Å². The van der Waals surface area contributed by atoms with Crippen LogP contribution in [0.15, 0.2) is 24.8 Å². The van der Waals surface area contributed by atoms with Crippen molar-refractivity contribution in [3.8, 4) is 11.4 Å². The second-order valence-corrected chi connectivity index (χ2v) is 3.73. The Bertz CT molecular complexity index is 583. The smallest absolute Gasteiger partial charge is 0.267 e. The van der Waals surface area contributed by atoms with Crippen LogP contribution in [0.2, 0.25) is 0 Å². The van der Waals surface area contributed by atoms with Gasteiger partial charge in [-0.2, -0.15) is 0 Å². The summed E-state index contributed by atoms with van der Waals surface area (Å²) in [6.07, 6.45) is 4.35. The fraction of sp³-hybridized carbons (Fsp3) is 0.182. The monoisotopic (exact) mass is 244 g/mol. The molecule has 18 heavy (non-hydrogen) atoms. The third kappa shape index (κ3) is 2.30. The molecule has 0 aliphatic rings. The maximum Gasteiger partial charge on any atom is 0.267 e. The molecule has 0 saturated heterocycles. The first kappa shape index (κ1) is 12.1. The molecule has 1 unspecified atom stereocenters. The molecule has 0 fully saturated rings. The van der Waals surface area contributed by atoms with E-state index < -0.39 is 5.91 Å². The van der Waals surface area contributed by atoms with Crippen LogP contribution >= 0.6 is 0 Å². The maximum atomic E-state index is 11.1. The summed E-state index contributed by atoms with van der Waals surface area (Å²) >= 11 is 0. The number of primary amides is 1. The zero-order chi connectivity index (χ0) is 13.1. The highest BCUT2D eigenvalue weighted by molar-refractivity contribution is 5.91. The van der Waals surface area contributed by atoms with Gasteiger partial charge in [-0.05, 0) is 13.0 Å². The van der Waals surface area contributed by atoms with Crippen molar-refractivity contribution in [1.82, 2.24) is 19.9 Å². The molecular formula is C11H12N6O. The third-order valence-corrected chi connectivity index (χ3v) is 2.32. The molecule has 2 aromatic heterocycles. The minimum atomic E-state index is -0.620. The number of nitrogens with zero attached hydrogens (tertiary/aromatic N) is 4. The Hall–Kier alpha value is -2.41. The number of hydrogen-bond acceptors (Lipinski definition) is 6. The molecule has 2 heterocycles. The first-order chi connectivity index (χ1) is 8.59. The first-order valence-corrected chi connectivity index (χ1v) is 5.28. The summed E-state index contributed by atoms with van der Waals surface area (Å²) in [5, 5.41) is 0. The Morgan fingerprint density at radius 3 is 2.61 bits per heavy atom. The van der Waals surface area contributed by atoms with Crippen LogP contribution in [-0.2, 0) is 0 Å². The fourth-order valence-corrected chi connectivity index (χ4v) is 1.50.